The fourth-order valence-electron chi connectivity index (χ4n) is 3.08. The molecule has 1 atom stereocenters. The lowest BCUT2D eigenvalue weighted by Gasteiger charge is -2.29. The summed E-state index contributed by atoms with van der Waals surface area (Å²) >= 11 is 0. The Bertz CT molecular complexity index is 757. The second-order valence-corrected chi connectivity index (χ2v) is 7.08. The Hall–Kier alpha value is -1.37. The highest BCUT2D eigenvalue weighted by atomic mass is 35.5. The van der Waals surface area contributed by atoms with Gasteiger partial charge in [-0.1, -0.05) is 0 Å². The molecule has 1 aliphatic carbocycles. The molecule has 2 aromatic rings. The summed E-state index contributed by atoms with van der Waals surface area (Å²) in [6.45, 7) is 8.48. The molecule has 0 saturated heterocycles. The van der Waals surface area contributed by atoms with Crippen molar-refractivity contribution in [1.82, 2.24) is 20.1 Å². The lowest BCUT2D eigenvalue weighted by atomic mass is 9.95. The van der Waals surface area contributed by atoms with Crippen molar-refractivity contribution in [3.8, 4) is 0 Å². The van der Waals surface area contributed by atoms with E-state index in [0.29, 0.717) is 18.0 Å². The maximum Gasteiger partial charge on any atom is 0.252 e. The van der Waals surface area contributed by atoms with Gasteiger partial charge < -0.3 is 11.1 Å². The third kappa shape index (κ3) is 4.07. The van der Waals surface area contributed by atoms with E-state index in [-0.39, 0.29) is 42.3 Å². The maximum absolute atomic E-state index is 12.9. The molecule has 0 radical (unpaired) electrons. The molecule has 0 bridgehead atoms. The average Bonchev–Trinajstić information content (AvgIpc) is 3.27. The van der Waals surface area contributed by atoms with Crippen molar-refractivity contribution in [3.05, 3.63) is 23.5 Å². The van der Waals surface area contributed by atoms with Gasteiger partial charge in [-0.3, -0.25) is 4.79 Å². The summed E-state index contributed by atoms with van der Waals surface area (Å²) in [5, 5.41) is 8.33. The number of pyridine rings is 1. The molecule has 1 aliphatic rings. The molecular formula is C17H27Cl2N5O. The van der Waals surface area contributed by atoms with Crippen LogP contribution in [0.2, 0.25) is 0 Å². The number of halogens is 2. The van der Waals surface area contributed by atoms with Crippen molar-refractivity contribution < 1.29 is 4.79 Å². The summed E-state index contributed by atoms with van der Waals surface area (Å²) in [7, 11) is 0. The summed E-state index contributed by atoms with van der Waals surface area (Å²) in [5.74, 6) is 0.386. The smallest absolute Gasteiger partial charge is 0.252 e. The molecule has 8 heteroatoms. The molecule has 3 rings (SSSR count). The van der Waals surface area contributed by atoms with E-state index in [1.165, 1.54) is 0 Å². The van der Waals surface area contributed by atoms with E-state index in [0.717, 1.165) is 29.6 Å². The molecule has 1 fully saturated rings. The van der Waals surface area contributed by atoms with Gasteiger partial charge >= 0.3 is 0 Å². The van der Waals surface area contributed by atoms with Crippen LogP contribution in [0.3, 0.4) is 0 Å². The largest absolute Gasteiger partial charge is 0.345 e. The van der Waals surface area contributed by atoms with Crippen LogP contribution < -0.4 is 11.1 Å². The lowest BCUT2D eigenvalue weighted by Crippen LogP contribution is -2.53. The number of hydrogen-bond donors (Lipinski definition) is 2. The fraction of sp³-hybridized carbons (Fsp3) is 0.588. The minimum atomic E-state index is -0.339. The van der Waals surface area contributed by atoms with Crippen LogP contribution in [-0.4, -0.2) is 32.8 Å². The molecule has 1 unspecified atom stereocenters. The van der Waals surface area contributed by atoms with Crippen LogP contribution in [0, 0.1) is 12.8 Å². The molecule has 2 aromatic heterocycles. The lowest BCUT2D eigenvalue weighted by molar-refractivity contribution is 0.0899. The molecule has 1 amide bonds. The number of hydrogen-bond acceptors (Lipinski definition) is 4. The van der Waals surface area contributed by atoms with Gasteiger partial charge in [-0.25, -0.2) is 9.67 Å². The van der Waals surface area contributed by atoms with E-state index in [1.54, 1.807) is 6.20 Å². The number of nitrogens with two attached hydrogens (primary N) is 1. The molecule has 140 valence electrons. The van der Waals surface area contributed by atoms with E-state index < -0.39 is 0 Å². The highest BCUT2D eigenvalue weighted by molar-refractivity contribution is 6.05. The van der Waals surface area contributed by atoms with Gasteiger partial charge in [0.2, 0.25) is 0 Å². The summed E-state index contributed by atoms with van der Waals surface area (Å²) in [6.07, 6.45) is 3.99. The number of fused-ring (bicyclic) bond motifs is 1. The Kier molecular flexibility index (Phi) is 6.84. The van der Waals surface area contributed by atoms with Gasteiger partial charge in [0, 0.05) is 18.3 Å². The van der Waals surface area contributed by atoms with Crippen LogP contribution in [0.4, 0.5) is 0 Å². The Labute approximate surface area is 160 Å². The second-order valence-electron chi connectivity index (χ2n) is 7.08. The van der Waals surface area contributed by atoms with Gasteiger partial charge in [-0.2, -0.15) is 5.10 Å². The summed E-state index contributed by atoms with van der Waals surface area (Å²) < 4.78 is 1.85. The van der Waals surface area contributed by atoms with Crippen LogP contribution in [0.15, 0.2) is 12.3 Å². The third-order valence-corrected chi connectivity index (χ3v) is 4.73. The minimum Gasteiger partial charge on any atom is -0.345 e. The van der Waals surface area contributed by atoms with Crippen molar-refractivity contribution in [2.75, 3.05) is 6.54 Å². The molecule has 3 N–H and O–H groups in total. The van der Waals surface area contributed by atoms with Crippen LogP contribution in [0.5, 0.6) is 0 Å². The Morgan fingerprint density at radius 3 is 2.60 bits per heavy atom. The number of nitrogens with zero attached hydrogens (tertiary/aromatic N) is 3. The average molecular weight is 388 g/mol. The van der Waals surface area contributed by atoms with Gasteiger partial charge in [-0.05, 0) is 52.5 Å². The zero-order valence-corrected chi connectivity index (χ0v) is 16.7. The molecule has 0 aliphatic heterocycles. The number of nitrogens with one attached hydrogen (secondary N) is 1. The molecule has 2 heterocycles. The topological polar surface area (TPSA) is 85.8 Å². The first-order valence-electron chi connectivity index (χ1n) is 8.23. The fourth-order valence-corrected chi connectivity index (χ4v) is 3.08. The van der Waals surface area contributed by atoms with E-state index in [9.17, 15) is 4.79 Å². The highest BCUT2D eigenvalue weighted by Gasteiger charge is 2.41. The standard InChI is InChI=1S/C17H25N5O.2ClH/c1-10(2)22-15-14(8-19-22)13(7-11(3)20-15)16(23)21-17(4,9-18)12-5-6-12;;/h7-8,10,12H,5-6,9,18H2,1-4H3,(H,21,23);2*1H. The van der Waals surface area contributed by atoms with Gasteiger partial charge in [0.25, 0.3) is 5.91 Å². The number of aromatic nitrogens is 3. The van der Waals surface area contributed by atoms with Gasteiger partial charge in [0.1, 0.15) is 0 Å². The van der Waals surface area contributed by atoms with Crippen LogP contribution >= 0.6 is 24.8 Å². The molecule has 6 nitrogen and oxygen atoms in total. The molecule has 25 heavy (non-hydrogen) atoms. The predicted molar refractivity (Wildman–Crippen MR) is 105 cm³/mol. The maximum atomic E-state index is 12.9. The van der Waals surface area contributed by atoms with E-state index in [1.807, 2.05) is 24.6 Å². The quantitative estimate of drug-likeness (QED) is 0.825. The predicted octanol–water partition coefficient (Wildman–Crippen LogP) is 3.02. The van der Waals surface area contributed by atoms with Crippen molar-refractivity contribution in [1.29, 1.82) is 0 Å². The first-order valence-corrected chi connectivity index (χ1v) is 8.23. The zero-order valence-electron chi connectivity index (χ0n) is 15.1. The van der Waals surface area contributed by atoms with E-state index in [2.05, 4.69) is 29.2 Å². The summed E-state index contributed by atoms with van der Waals surface area (Å²) in [5.41, 5.74) is 7.77. The monoisotopic (exact) mass is 387 g/mol. The number of rotatable bonds is 5. The summed E-state index contributed by atoms with van der Waals surface area (Å²) in [4.78, 5) is 17.4. The Balaban J connectivity index is 0.00000156. The Morgan fingerprint density at radius 1 is 1.44 bits per heavy atom. The van der Waals surface area contributed by atoms with Gasteiger partial charge in [0.05, 0.1) is 22.7 Å². The van der Waals surface area contributed by atoms with Gasteiger partial charge in [-0.15, -0.1) is 24.8 Å². The van der Waals surface area contributed by atoms with Crippen molar-refractivity contribution >= 4 is 41.8 Å². The molecule has 0 spiro atoms. The minimum absolute atomic E-state index is 0. The van der Waals surface area contributed by atoms with Crippen molar-refractivity contribution in [3.63, 3.8) is 0 Å². The molecule has 0 aromatic carbocycles. The van der Waals surface area contributed by atoms with E-state index >= 15 is 0 Å². The highest BCUT2D eigenvalue weighted by Crippen LogP contribution is 2.39. The molecular weight excluding hydrogens is 361 g/mol. The third-order valence-electron chi connectivity index (χ3n) is 4.73. The van der Waals surface area contributed by atoms with E-state index in [4.69, 9.17) is 5.73 Å². The Morgan fingerprint density at radius 2 is 2.08 bits per heavy atom. The van der Waals surface area contributed by atoms with Crippen molar-refractivity contribution in [2.45, 2.75) is 52.1 Å². The first-order chi connectivity index (χ1) is 10.9. The van der Waals surface area contributed by atoms with Crippen LogP contribution in [-0.2, 0) is 0 Å². The first kappa shape index (κ1) is 21.7. The van der Waals surface area contributed by atoms with Crippen molar-refractivity contribution in [2.24, 2.45) is 11.7 Å². The molecule has 1 saturated carbocycles. The van der Waals surface area contributed by atoms with Crippen LogP contribution in [0.25, 0.3) is 11.0 Å². The number of carbonyl (C=O) groups is 1. The summed E-state index contributed by atoms with van der Waals surface area (Å²) in [6, 6.07) is 2.02. The number of carbonyl (C=O) groups excluding carboxylic acids is 1. The van der Waals surface area contributed by atoms with Crippen LogP contribution in [0.1, 0.15) is 55.7 Å². The van der Waals surface area contributed by atoms with Gasteiger partial charge in [0.15, 0.2) is 5.65 Å². The normalized spacial score (nSPS) is 16.1. The zero-order chi connectivity index (χ0) is 16.8. The number of amides is 1. The number of aryl methyl sites for hydroxylation is 1. The SMILES string of the molecule is Cc1cc(C(=O)NC(C)(CN)C2CC2)c2cnn(C(C)C)c2n1.Cl.Cl. The second kappa shape index (κ2) is 7.89.